The van der Waals surface area contributed by atoms with Crippen molar-refractivity contribution in [1.29, 1.82) is 0 Å². The van der Waals surface area contributed by atoms with Crippen LogP contribution in [0.3, 0.4) is 0 Å². The van der Waals surface area contributed by atoms with Crippen LogP contribution in [0.5, 0.6) is 0 Å². The Morgan fingerprint density at radius 1 is 1.35 bits per heavy atom. The van der Waals surface area contributed by atoms with Crippen LogP contribution < -0.4 is 11.3 Å². The van der Waals surface area contributed by atoms with Gasteiger partial charge in [0, 0.05) is 42.9 Å². The summed E-state index contributed by atoms with van der Waals surface area (Å²) in [6.07, 6.45) is 1.93. The quantitative estimate of drug-likeness (QED) is 0.913. The van der Waals surface area contributed by atoms with Crippen LogP contribution in [0, 0.1) is 0 Å². The summed E-state index contributed by atoms with van der Waals surface area (Å²) >= 11 is 0. The Labute approximate surface area is 121 Å². The number of pyridine rings is 1. The second-order valence-corrected chi connectivity index (χ2v) is 6.33. The molecule has 1 aromatic rings. The lowest BCUT2D eigenvalue weighted by atomic mass is 9.92. The predicted octanol–water partition coefficient (Wildman–Crippen LogP) is 1.83. The third-order valence-electron chi connectivity index (χ3n) is 4.14. The van der Waals surface area contributed by atoms with Crippen LogP contribution in [0.2, 0.25) is 0 Å². The maximum atomic E-state index is 12.7. The number of hydrogen-bond donors (Lipinski definition) is 1. The molecule has 0 aromatic carbocycles. The van der Waals surface area contributed by atoms with Gasteiger partial charge >= 0.3 is 0 Å². The minimum atomic E-state index is -0.587. The molecule has 1 aliphatic rings. The van der Waals surface area contributed by atoms with Crippen molar-refractivity contribution in [3.05, 3.63) is 33.2 Å². The molecular weight excluding hydrogens is 250 g/mol. The predicted molar refractivity (Wildman–Crippen MR) is 82.9 cm³/mol. The lowest BCUT2D eigenvalue weighted by Crippen LogP contribution is -2.42. The molecule has 2 rings (SSSR count). The molecule has 0 atom stereocenters. The highest BCUT2D eigenvalue weighted by Gasteiger charge is 2.25. The Morgan fingerprint density at radius 3 is 2.60 bits per heavy atom. The number of nitrogens with zero attached hydrogens (tertiary/aromatic N) is 2. The molecule has 2 heterocycles. The fourth-order valence-corrected chi connectivity index (χ4v) is 2.97. The van der Waals surface area contributed by atoms with Gasteiger partial charge in [0.05, 0.1) is 0 Å². The Hall–Kier alpha value is -1.13. The fraction of sp³-hybridized carbons (Fsp3) is 0.688. The molecule has 0 amide bonds. The van der Waals surface area contributed by atoms with Gasteiger partial charge in [-0.2, -0.15) is 0 Å². The Bertz CT molecular complexity index is 540. The average Bonchev–Trinajstić information content (AvgIpc) is 2.39. The van der Waals surface area contributed by atoms with Gasteiger partial charge in [-0.1, -0.05) is 13.8 Å². The van der Waals surface area contributed by atoms with E-state index in [0.717, 1.165) is 44.6 Å². The Kier molecular flexibility index (Phi) is 4.35. The topological polar surface area (TPSA) is 51.3 Å². The maximum absolute atomic E-state index is 12.7. The summed E-state index contributed by atoms with van der Waals surface area (Å²) in [5, 5.41) is 0. The summed E-state index contributed by atoms with van der Waals surface area (Å²) in [6.45, 7) is 11.9. The molecule has 1 aromatic heterocycles. The van der Waals surface area contributed by atoms with Gasteiger partial charge in [-0.3, -0.25) is 9.69 Å². The van der Waals surface area contributed by atoms with Crippen LogP contribution in [0.25, 0.3) is 0 Å². The Balaban J connectivity index is 2.59. The summed E-state index contributed by atoms with van der Waals surface area (Å²) < 4.78 is 1.96. The lowest BCUT2D eigenvalue weighted by Gasteiger charge is -2.31. The largest absolute Gasteiger partial charge is 0.322 e. The first-order valence-corrected chi connectivity index (χ1v) is 7.65. The average molecular weight is 277 g/mol. The minimum absolute atomic E-state index is 0.100. The summed E-state index contributed by atoms with van der Waals surface area (Å²) in [5.41, 5.74) is 8.94. The van der Waals surface area contributed by atoms with Gasteiger partial charge in [-0.25, -0.2) is 0 Å². The first-order chi connectivity index (χ1) is 9.38. The Morgan fingerprint density at radius 2 is 2.05 bits per heavy atom. The van der Waals surface area contributed by atoms with E-state index in [1.165, 1.54) is 11.3 Å². The van der Waals surface area contributed by atoms with Crippen molar-refractivity contribution in [2.45, 2.75) is 59.2 Å². The van der Waals surface area contributed by atoms with E-state index >= 15 is 0 Å². The normalized spacial score (nSPS) is 16.2. The molecule has 0 aliphatic carbocycles. The molecule has 4 heteroatoms. The maximum Gasteiger partial charge on any atom is 0.255 e. The van der Waals surface area contributed by atoms with Crippen molar-refractivity contribution in [3.8, 4) is 0 Å². The first kappa shape index (κ1) is 15.3. The molecule has 2 N–H and O–H groups in total. The van der Waals surface area contributed by atoms with Gasteiger partial charge in [-0.15, -0.1) is 0 Å². The fourth-order valence-electron chi connectivity index (χ4n) is 2.97. The number of rotatable bonds is 4. The van der Waals surface area contributed by atoms with E-state index in [1.54, 1.807) is 0 Å². The van der Waals surface area contributed by atoms with E-state index in [9.17, 15) is 4.79 Å². The molecule has 1 aliphatic heterocycles. The van der Waals surface area contributed by atoms with Crippen molar-refractivity contribution in [2.24, 2.45) is 5.73 Å². The van der Waals surface area contributed by atoms with Crippen LogP contribution in [0.1, 0.15) is 50.9 Å². The highest BCUT2D eigenvalue weighted by Crippen LogP contribution is 2.22. The van der Waals surface area contributed by atoms with E-state index in [0.29, 0.717) is 0 Å². The van der Waals surface area contributed by atoms with Crippen molar-refractivity contribution in [1.82, 2.24) is 9.47 Å². The second kappa shape index (κ2) is 5.70. The van der Waals surface area contributed by atoms with E-state index in [1.807, 2.05) is 24.5 Å². The molecule has 0 bridgehead atoms. The van der Waals surface area contributed by atoms with Crippen LogP contribution >= 0.6 is 0 Å². The first-order valence-electron chi connectivity index (χ1n) is 7.65. The van der Waals surface area contributed by atoms with Crippen molar-refractivity contribution < 1.29 is 0 Å². The van der Waals surface area contributed by atoms with E-state index in [4.69, 9.17) is 5.73 Å². The van der Waals surface area contributed by atoms with Crippen molar-refractivity contribution in [2.75, 3.05) is 13.1 Å². The molecule has 0 unspecified atom stereocenters. The van der Waals surface area contributed by atoms with Crippen LogP contribution in [-0.4, -0.2) is 22.6 Å². The molecular formula is C16H27N3O. The van der Waals surface area contributed by atoms with Gasteiger partial charge in [0.15, 0.2) is 0 Å². The smallest absolute Gasteiger partial charge is 0.255 e. The minimum Gasteiger partial charge on any atom is -0.322 e. The second-order valence-electron chi connectivity index (χ2n) is 6.33. The standard InChI is InChI=1S/C16H27N3O/c1-5-8-19-14-7-9-18(6-2)11-12(14)10-13(15(19)20)16(3,4)17/h10H,5-9,11,17H2,1-4H3. The number of likely N-dealkylation sites (N-methyl/N-ethyl adjacent to an activating group) is 1. The number of aromatic nitrogens is 1. The van der Waals surface area contributed by atoms with Crippen molar-refractivity contribution >= 4 is 0 Å². The number of hydrogen-bond acceptors (Lipinski definition) is 3. The van der Waals surface area contributed by atoms with Crippen LogP contribution in [0.15, 0.2) is 10.9 Å². The summed E-state index contributed by atoms with van der Waals surface area (Å²) in [4.78, 5) is 15.1. The van der Waals surface area contributed by atoms with Gasteiger partial charge in [0.1, 0.15) is 0 Å². The molecule has 20 heavy (non-hydrogen) atoms. The summed E-state index contributed by atoms with van der Waals surface area (Å²) in [5.74, 6) is 0. The lowest BCUT2D eigenvalue weighted by molar-refractivity contribution is 0.260. The van der Waals surface area contributed by atoms with Gasteiger partial charge in [0.2, 0.25) is 0 Å². The molecule has 0 spiro atoms. The zero-order chi connectivity index (χ0) is 14.9. The zero-order valence-electron chi connectivity index (χ0n) is 13.2. The van der Waals surface area contributed by atoms with E-state index in [-0.39, 0.29) is 5.56 Å². The highest BCUT2D eigenvalue weighted by atomic mass is 16.1. The monoisotopic (exact) mass is 277 g/mol. The molecule has 0 saturated heterocycles. The number of nitrogens with two attached hydrogens (primary N) is 1. The highest BCUT2D eigenvalue weighted by molar-refractivity contribution is 5.32. The summed E-state index contributed by atoms with van der Waals surface area (Å²) in [7, 11) is 0. The molecule has 0 radical (unpaired) electrons. The molecule has 112 valence electrons. The third-order valence-corrected chi connectivity index (χ3v) is 4.14. The van der Waals surface area contributed by atoms with Gasteiger partial charge in [-0.05, 0) is 38.4 Å². The SMILES string of the molecule is CCCn1c2c(cc(C(C)(C)N)c1=O)CN(CC)CC2. The van der Waals surface area contributed by atoms with Crippen LogP contribution in [-0.2, 0) is 25.0 Å². The molecule has 0 fully saturated rings. The van der Waals surface area contributed by atoms with Gasteiger partial charge < -0.3 is 10.3 Å². The molecule has 0 saturated carbocycles. The van der Waals surface area contributed by atoms with E-state index in [2.05, 4.69) is 18.7 Å². The van der Waals surface area contributed by atoms with Crippen molar-refractivity contribution in [3.63, 3.8) is 0 Å². The van der Waals surface area contributed by atoms with Crippen LogP contribution in [0.4, 0.5) is 0 Å². The van der Waals surface area contributed by atoms with Gasteiger partial charge in [0.25, 0.3) is 5.56 Å². The van der Waals surface area contributed by atoms with E-state index < -0.39 is 5.54 Å². The number of fused-ring (bicyclic) bond motifs is 1. The molecule has 4 nitrogen and oxygen atoms in total. The third kappa shape index (κ3) is 2.81. The summed E-state index contributed by atoms with van der Waals surface area (Å²) in [6, 6.07) is 2.05. The zero-order valence-corrected chi connectivity index (χ0v) is 13.2.